The van der Waals surface area contributed by atoms with Crippen LogP contribution >= 0.6 is 24.0 Å². The summed E-state index contributed by atoms with van der Waals surface area (Å²) in [4.78, 5) is 13.1. The summed E-state index contributed by atoms with van der Waals surface area (Å²) in [6.45, 7) is 6.28. The van der Waals surface area contributed by atoms with Gasteiger partial charge in [0.2, 0.25) is 0 Å². The van der Waals surface area contributed by atoms with E-state index in [1.54, 1.807) is 20.4 Å². The van der Waals surface area contributed by atoms with Gasteiger partial charge in [0, 0.05) is 51.4 Å². The van der Waals surface area contributed by atoms with Crippen LogP contribution in [0.4, 0.5) is 0 Å². The first kappa shape index (κ1) is 25.6. The van der Waals surface area contributed by atoms with Crippen LogP contribution in [-0.2, 0) is 17.8 Å². The van der Waals surface area contributed by atoms with Crippen LogP contribution < -0.4 is 15.4 Å². The van der Waals surface area contributed by atoms with Crippen LogP contribution in [0, 0.1) is 13.8 Å². The van der Waals surface area contributed by atoms with E-state index in [0.717, 1.165) is 34.1 Å². The lowest BCUT2D eigenvalue weighted by atomic mass is 10.1. The van der Waals surface area contributed by atoms with E-state index in [4.69, 9.17) is 9.47 Å². The minimum atomic E-state index is 0. The molecule has 0 unspecified atom stereocenters. The van der Waals surface area contributed by atoms with Crippen LogP contribution in [0.1, 0.15) is 22.5 Å². The highest BCUT2D eigenvalue weighted by Crippen LogP contribution is 2.20. The van der Waals surface area contributed by atoms with Gasteiger partial charge in [-0.3, -0.25) is 9.56 Å². The standard InChI is InChI=1S/C23H30N6O2.HI/c1-17-5-7-20(21(13-17)31-12-11-30-4)16-28-23(24-3)27-15-19-6-8-22(26-14-19)29-10-9-25-18(29)2;/h5-10,13-14H,11-12,15-16H2,1-4H3,(H2,24,27,28);1H. The summed E-state index contributed by atoms with van der Waals surface area (Å²) in [5.41, 5.74) is 3.27. The van der Waals surface area contributed by atoms with Crippen molar-refractivity contribution in [3.05, 3.63) is 71.4 Å². The first-order valence-electron chi connectivity index (χ1n) is 10.2. The highest BCUT2D eigenvalue weighted by Gasteiger charge is 2.07. The molecule has 0 fully saturated rings. The molecule has 2 heterocycles. The number of methoxy groups -OCH3 is 1. The molecule has 2 N–H and O–H groups in total. The quantitative estimate of drug-likeness (QED) is 0.184. The van der Waals surface area contributed by atoms with Gasteiger partial charge in [0.15, 0.2) is 5.96 Å². The topological polar surface area (TPSA) is 85.6 Å². The van der Waals surface area contributed by atoms with Gasteiger partial charge in [-0.05, 0) is 37.1 Å². The molecule has 0 aliphatic heterocycles. The van der Waals surface area contributed by atoms with Gasteiger partial charge in [0.05, 0.1) is 6.61 Å². The molecule has 0 atom stereocenters. The Bertz CT molecular complexity index is 1000. The maximum Gasteiger partial charge on any atom is 0.191 e. The molecule has 3 rings (SSSR count). The Hall–Kier alpha value is -2.66. The second kappa shape index (κ2) is 13.0. The smallest absolute Gasteiger partial charge is 0.191 e. The molecule has 0 radical (unpaired) electrons. The van der Waals surface area contributed by atoms with Gasteiger partial charge in [-0.15, -0.1) is 24.0 Å². The molecular weight excluding hydrogens is 519 g/mol. The summed E-state index contributed by atoms with van der Waals surface area (Å²) >= 11 is 0. The molecular formula is C23H31IN6O2. The molecule has 9 heteroatoms. The predicted molar refractivity (Wildman–Crippen MR) is 137 cm³/mol. The zero-order valence-corrected chi connectivity index (χ0v) is 21.3. The zero-order valence-electron chi connectivity index (χ0n) is 19.0. The van der Waals surface area contributed by atoms with E-state index < -0.39 is 0 Å². The Morgan fingerprint density at radius 3 is 2.53 bits per heavy atom. The van der Waals surface area contributed by atoms with Crippen molar-refractivity contribution in [2.45, 2.75) is 26.9 Å². The molecule has 2 aromatic heterocycles. The number of pyridine rings is 1. The third-order valence-corrected chi connectivity index (χ3v) is 4.78. The number of nitrogens with zero attached hydrogens (tertiary/aromatic N) is 4. The third kappa shape index (κ3) is 7.20. The molecule has 8 nitrogen and oxygen atoms in total. The lowest BCUT2D eigenvalue weighted by Crippen LogP contribution is -2.36. The Kier molecular flexibility index (Phi) is 10.4. The second-order valence-electron chi connectivity index (χ2n) is 7.10. The summed E-state index contributed by atoms with van der Waals surface area (Å²) in [7, 11) is 3.42. The van der Waals surface area contributed by atoms with Crippen molar-refractivity contribution < 1.29 is 9.47 Å². The van der Waals surface area contributed by atoms with Crippen molar-refractivity contribution in [2.75, 3.05) is 27.4 Å². The number of benzene rings is 1. The summed E-state index contributed by atoms with van der Waals surface area (Å²) in [5, 5.41) is 6.67. The molecule has 0 amide bonds. The average molecular weight is 550 g/mol. The van der Waals surface area contributed by atoms with E-state index in [-0.39, 0.29) is 24.0 Å². The van der Waals surface area contributed by atoms with Crippen molar-refractivity contribution in [3.63, 3.8) is 0 Å². The summed E-state index contributed by atoms with van der Waals surface area (Å²) in [6.07, 6.45) is 5.53. The van der Waals surface area contributed by atoms with Gasteiger partial charge in [0.1, 0.15) is 24.0 Å². The predicted octanol–water partition coefficient (Wildman–Crippen LogP) is 3.39. The van der Waals surface area contributed by atoms with Crippen LogP contribution in [0.5, 0.6) is 5.75 Å². The van der Waals surface area contributed by atoms with Gasteiger partial charge >= 0.3 is 0 Å². The minimum Gasteiger partial charge on any atom is -0.491 e. The van der Waals surface area contributed by atoms with Gasteiger partial charge < -0.3 is 20.1 Å². The van der Waals surface area contributed by atoms with E-state index in [1.807, 2.05) is 49.0 Å². The third-order valence-electron chi connectivity index (χ3n) is 4.78. The molecule has 0 bridgehead atoms. The fourth-order valence-electron chi connectivity index (χ4n) is 3.05. The number of aryl methyl sites for hydroxylation is 2. The van der Waals surface area contributed by atoms with Gasteiger partial charge in [-0.25, -0.2) is 9.97 Å². The number of guanidine groups is 1. The lowest BCUT2D eigenvalue weighted by Gasteiger charge is -2.15. The van der Waals surface area contributed by atoms with Crippen molar-refractivity contribution in [2.24, 2.45) is 4.99 Å². The fraction of sp³-hybridized carbons (Fsp3) is 0.348. The summed E-state index contributed by atoms with van der Waals surface area (Å²) in [6, 6.07) is 10.2. The van der Waals surface area contributed by atoms with Crippen LogP contribution in [0.15, 0.2) is 53.9 Å². The summed E-state index contributed by atoms with van der Waals surface area (Å²) < 4.78 is 12.9. The van der Waals surface area contributed by atoms with Gasteiger partial charge in [-0.1, -0.05) is 18.2 Å². The SMILES string of the molecule is CN=C(NCc1ccc(-n2ccnc2C)nc1)NCc1ccc(C)cc1OCCOC.I. The fourth-order valence-corrected chi connectivity index (χ4v) is 3.05. The van der Waals surface area contributed by atoms with Gasteiger partial charge in [0.25, 0.3) is 0 Å². The molecule has 0 aliphatic rings. The highest BCUT2D eigenvalue weighted by atomic mass is 127. The van der Waals surface area contributed by atoms with Crippen molar-refractivity contribution >= 4 is 29.9 Å². The molecule has 3 aromatic rings. The maximum atomic E-state index is 5.86. The highest BCUT2D eigenvalue weighted by molar-refractivity contribution is 14.0. The number of nitrogens with one attached hydrogen (secondary N) is 2. The van der Waals surface area contributed by atoms with Crippen LogP contribution in [0.25, 0.3) is 5.82 Å². The number of imidazole rings is 1. The Morgan fingerprint density at radius 1 is 1.06 bits per heavy atom. The average Bonchev–Trinajstić information content (AvgIpc) is 3.21. The Labute approximate surface area is 206 Å². The number of hydrogen-bond donors (Lipinski definition) is 2. The van der Waals surface area contributed by atoms with E-state index in [0.29, 0.717) is 32.3 Å². The number of hydrogen-bond acceptors (Lipinski definition) is 5. The molecule has 0 saturated heterocycles. The minimum absolute atomic E-state index is 0. The van der Waals surface area contributed by atoms with E-state index >= 15 is 0 Å². The Balaban J connectivity index is 0.00000363. The van der Waals surface area contributed by atoms with Crippen LogP contribution in [-0.4, -0.2) is 47.9 Å². The van der Waals surface area contributed by atoms with E-state index in [1.165, 1.54) is 0 Å². The number of halogens is 1. The normalized spacial score (nSPS) is 11.1. The number of rotatable bonds is 9. The van der Waals surface area contributed by atoms with Crippen molar-refractivity contribution in [1.82, 2.24) is 25.2 Å². The number of aromatic nitrogens is 3. The summed E-state index contributed by atoms with van der Waals surface area (Å²) in [5.74, 6) is 3.32. The van der Waals surface area contributed by atoms with Crippen molar-refractivity contribution in [3.8, 4) is 11.6 Å². The van der Waals surface area contributed by atoms with Crippen molar-refractivity contribution in [1.29, 1.82) is 0 Å². The molecule has 32 heavy (non-hydrogen) atoms. The first-order valence-corrected chi connectivity index (χ1v) is 10.2. The van der Waals surface area contributed by atoms with E-state index in [2.05, 4.69) is 37.7 Å². The van der Waals surface area contributed by atoms with Crippen LogP contribution in [0.3, 0.4) is 0 Å². The molecule has 172 valence electrons. The number of aliphatic imine (C=N–C) groups is 1. The lowest BCUT2D eigenvalue weighted by molar-refractivity contribution is 0.145. The maximum absolute atomic E-state index is 5.86. The van der Waals surface area contributed by atoms with Gasteiger partial charge in [-0.2, -0.15) is 0 Å². The Morgan fingerprint density at radius 2 is 1.88 bits per heavy atom. The van der Waals surface area contributed by atoms with Crippen LogP contribution in [0.2, 0.25) is 0 Å². The molecule has 0 saturated carbocycles. The monoisotopic (exact) mass is 550 g/mol. The first-order chi connectivity index (χ1) is 15.1. The largest absolute Gasteiger partial charge is 0.491 e. The zero-order chi connectivity index (χ0) is 22.1. The second-order valence-corrected chi connectivity index (χ2v) is 7.10. The molecule has 1 aromatic carbocycles. The molecule has 0 spiro atoms. The number of ether oxygens (including phenoxy) is 2. The van der Waals surface area contributed by atoms with E-state index in [9.17, 15) is 0 Å². The molecule has 0 aliphatic carbocycles.